The first-order valence-electron chi connectivity index (χ1n) is 14.4. The Labute approximate surface area is 245 Å². The lowest BCUT2D eigenvalue weighted by molar-refractivity contribution is 0.632. The normalized spacial score (nSPS) is 13.7. The van der Waals surface area contributed by atoms with Crippen LogP contribution in [0.4, 0.5) is 17.1 Å². The molecule has 0 aliphatic carbocycles. The van der Waals surface area contributed by atoms with E-state index in [0.29, 0.717) is 0 Å². The fourth-order valence-electron chi connectivity index (χ4n) is 6.73. The van der Waals surface area contributed by atoms with Gasteiger partial charge in [0.05, 0.1) is 34.3 Å². The van der Waals surface area contributed by atoms with Crippen LogP contribution in [0.2, 0.25) is 0 Å². The first-order chi connectivity index (χ1) is 20.5. The van der Waals surface area contributed by atoms with Crippen molar-refractivity contribution in [2.24, 2.45) is 0 Å². The number of aryl methyl sites for hydroxylation is 1. The van der Waals surface area contributed by atoms with Crippen LogP contribution in [0.3, 0.4) is 0 Å². The molecule has 4 heteroatoms. The maximum atomic E-state index is 4.50. The molecule has 0 bridgehead atoms. The number of fused-ring (bicyclic) bond motifs is 5. The summed E-state index contributed by atoms with van der Waals surface area (Å²) in [5.74, 6) is 0. The van der Waals surface area contributed by atoms with Crippen molar-refractivity contribution in [2.75, 3.05) is 4.90 Å². The number of para-hydroxylation sites is 2. The molecule has 42 heavy (non-hydrogen) atoms. The third kappa shape index (κ3) is 3.55. The van der Waals surface area contributed by atoms with E-state index in [4.69, 9.17) is 0 Å². The highest BCUT2D eigenvalue weighted by Crippen LogP contribution is 2.53. The summed E-state index contributed by atoms with van der Waals surface area (Å²) in [6, 6.07) is 37.3. The van der Waals surface area contributed by atoms with E-state index >= 15 is 0 Å². The van der Waals surface area contributed by atoms with Crippen LogP contribution in [0.1, 0.15) is 30.5 Å². The predicted molar refractivity (Wildman–Crippen MR) is 173 cm³/mol. The Bertz CT molecular complexity index is 2140. The number of hydrogen-bond donors (Lipinski definition) is 0. The van der Waals surface area contributed by atoms with E-state index in [2.05, 4.69) is 143 Å². The number of aromatic nitrogens is 3. The lowest BCUT2D eigenvalue weighted by Crippen LogP contribution is -2.31. The third-order valence-electron chi connectivity index (χ3n) is 8.90. The lowest BCUT2D eigenvalue weighted by atomic mass is 9.73. The number of hydrogen-bond acceptors (Lipinski definition) is 3. The Morgan fingerprint density at radius 2 is 1.26 bits per heavy atom. The third-order valence-corrected chi connectivity index (χ3v) is 8.90. The van der Waals surface area contributed by atoms with Crippen molar-refractivity contribution in [3.05, 3.63) is 145 Å². The average Bonchev–Trinajstić information content (AvgIpc) is 3.36. The molecule has 0 radical (unpaired) electrons. The standard InChI is InChI=1S/C38H30N4/c1-25-17-19-40-24-37(25)42-35-12-8-7-11-31(35)38(2,3)32-22-27(14-16-36(32)42)26-13-15-33-29(21-26)30-23-39-20-18-34(30)41(33)28-9-5-4-6-10-28/h4-24H,1-3H3. The van der Waals surface area contributed by atoms with Crippen molar-refractivity contribution < 1.29 is 0 Å². The first-order valence-corrected chi connectivity index (χ1v) is 14.4. The number of benzene rings is 4. The van der Waals surface area contributed by atoms with Crippen molar-refractivity contribution in [2.45, 2.75) is 26.2 Å². The van der Waals surface area contributed by atoms with E-state index in [-0.39, 0.29) is 5.41 Å². The van der Waals surface area contributed by atoms with Crippen molar-refractivity contribution in [1.29, 1.82) is 0 Å². The molecule has 8 rings (SSSR count). The summed E-state index contributed by atoms with van der Waals surface area (Å²) in [5.41, 5.74) is 13.0. The van der Waals surface area contributed by atoms with Gasteiger partial charge in [-0.25, -0.2) is 0 Å². The predicted octanol–water partition coefficient (Wildman–Crippen LogP) is 9.66. The van der Waals surface area contributed by atoms with Gasteiger partial charge in [0, 0.05) is 40.5 Å². The van der Waals surface area contributed by atoms with Crippen molar-refractivity contribution in [1.82, 2.24) is 14.5 Å². The van der Waals surface area contributed by atoms with Gasteiger partial charge in [0.1, 0.15) is 0 Å². The van der Waals surface area contributed by atoms with E-state index in [1.54, 1.807) is 0 Å². The highest BCUT2D eigenvalue weighted by molar-refractivity contribution is 6.10. The molecule has 4 nitrogen and oxygen atoms in total. The number of pyridine rings is 2. The maximum Gasteiger partial charge on any atom is 0.0674 e. The maximum absolute atomic E-state index is 4.50. The van der Waals surface area contributed by atoms with E-state index in [9.17, 15) is 0 Å². The molecule has 0 unspecified atom stereocenters. The van der Waals surface area contributed by atoms with Gasteiger partial charge in [0.2, 0.25) is 0 Å². The molecule has 4 heterocycles. The topological polar surface area (TPSA) is 34.0 Å². The van der Waals surface area contributed by atoms with Crippen LogP contribution in [-0.2, 0) is 5.41 Å². The molecule has 3 aromatic heterocycles. The van der Waals surface area contributed by atoms with Crippen LogP contribution in [0, 0.1) is 6.92 Å². The Morgan fingerprint density at radius 1 is 0.571 bits per heavy atom. The number of nitrogens with zero attached hydrogens (tertiary/aromatic N) is 4. The van der Waals surface area contributed by atoms with Crippen LogP contribution in [-0.4, -0.2) is 14.5 Å². The molecule has 0 fully saturated rings. The summed E-state index contributed by atoms with van der Waals surface area (Å²) < 4.78 is 2.33. The number of anilines is 3. The van der Waals surface area contributed by atoms with E-state index in [1.807, 2.05) is 24.8 Å². The molecule has 0 amide bonds. The van der Waals surface area contributed by atoms with Gasteiger partial charge in [-0.1, -0.05) is 62.4 Å². The highest BCUT2D eigenvalue weighted by atomic mass is 15.2. The summed E-state index contributed by atoms with van der Waals surface area (Å²) in [6.45, 7) is 6.83. The zero-order valence-corrected chi connectivity index (χ0v) is 23.9. The quantitative estimate of drug-likeness (QED) is 0.223. The van der Waals surface area contributed by atoms with E-state index < -0.39 is 0 Å². The van der Waals surface area contributed by atoms with Gasteiger partial charge < -0.3 is 9.47 Å². The molecule has 4 aromatic carbocycles. The average molecular weight is 543 g/mol. The van der Waals surface area contributed by atoms with Crippen molar-refractivity contribution in [3.8, 4) is 16.8 Å². The SMILES string of the molecule is Cc1ccncc1N1c2ccccc2C(C)(C)c2cc(-c3ccc4c(c3)c3cnccc3n4-c3ccccc3)ccc21. The Kier molecular flexibility index (Phi) is 5.35. The molecule has 0 N–H and O–H groups in total. The lowest BCUT2D eigenvalue weighted by Gasteiger charge is -2.42. The molecule has 202 valence electrons. The van der Waals surface area contributed by atoms with Crippen molar-refractivity contribution >= 4 is 38.9 Å². The molecule has 1 aliphatic rings. The largest absolute Gasteiger partial charge is 0.309 e. The van der Waals surface area contributed by atoms with Gasteiger partial charge in [-0.15, -0.1) is 0 Å². The molecule has 0 atom stereocenters. The number of rotatable bonds is 3. The second-order valence-electron chi connectivity index (χ2n) is 11.7. The van der Waals surface area contributed by atoms with Crippen LogP contribution in [0.5, 0.6) is 0 Å². The van der Waals surface area contributed by atoms with Gasteiger partial charge in [-0.2, -0.15) is 0 Å². The first kappa shape index (κ1) is 24.6. The summed E-state index contributed by atoms with van der Waals surface area (Å²) in [4.78, 5) is 11.4. The molecular weight excluding hydrogens is 512 g/mol. The van der Waals surface area contributed by atoms with Crippen molar-refractivity contribution in [3.63, 3.8) is 0 Å². The van der Waals surface area contributed by atoms with Gasteiger partial charge in [-0.05, 0) is 89.3 Å². The Balaban J connectivity index is 1.33. The Morgan fingerprint density at radius 3 is 2.12 bits per heavy atom. The fourth-order valence-corrected chi connectivity index (χ4v) is 6.73. The smallest absolute Gasteiger partial charge is 0.0674 e. The minimum absolute atomic E-state index is 0.175. The zero-order valence-electron chi connectivity index (χ0n) is 23.9. The summed E-state index contributed by atoms with van der Waals surface area (Å²) in [6.07, 6.45) is 7.71. The van der Waals surface area contributed by atoms with Crippen LogP contribution >= 0.6 is 0 Å². The molecule has 0 saturated carbocycles. The minimum Gasteiger partial charge on any atom is -0.309 e. The van der Waals surface area contributed by atoms with Crippen LogP contribution < -0.4 is 4.90 Å². The molecule has 0 saturated heterocycles. The highest BCUT2D eigenvalue weighted by Gasteiger charge is 2.37. The monoisotopic (exact) mass is 542 g/mol. The molecule has 1 aliphatic heterocycles. The molecular formula is C38H30N4. The van der Waals surface area contributed by atoms with Crippen LogP contribution in [0.25, 0.3) is 38.6 Å². The van der Waals surface area contributed by atoms with Gasteiger partial charge in [0.25, 0.3) is 0 Å². The summed E-state index contributed by atoms with van der Waals surface area (Å²) >= 11 is 0. The second-order valence-corrected chi connectivity index (χ2v) is 11.7. The fraction of sp³-hybridized carbons (Fsp3) is 0.105. The zero-order chi connectivity index (χ0) is 28.4. The second kappa shape index (κ2) is 9.15. The molecule has 7 aromatic rings. The van der Waals surface area contributed by atoms with Gasteiger partial charge in [-0.3, -0.25) is 9.97 Å². The minimum atomic E-state index is -0.175. The molecule has 0 spiro atoms. The summed E-state index contributed by atoms with van der Waals surface area (Å²) in [5, 5.41) is 2.36. The van der Waals surface area contributed by atoms with Gasteiger partial charge in [0.15, 0.2) is 0 Å². The van der Waals surface area contributed by atoms with E-state index in [0.717, 1.165) is 22.3 Å². The van der Waals surface area contributed by atoms with E-state index in [1.165, 1.54) is 50.1 Å². The summed E-state index contributed by atoms with van der Waals surface area (Å²) in [7, 11) is 0. The van der Waals surface area contributed by atoms with Gasteiger partial charge >= 0.3 is 0 Å². The van der Waals surface area contributed by atoms with Crippen LogP contribution in [0.15, 0.2) is 128 Å². The Hall–Kier alpha value is -5.22.